The van der Waals surface area contributed by atoms with E-state index in [0.29, 0.717) is 6.04 Å². The summed E-state index contributed by atoms with van der Waals surface area (Å²) in [7, 11) is 2.42. The maximum absolute atomic E-state index is 11.7. The van der Waals surface area contributed by atoms with E-state index < -0.39 is 21.6 Å². The molecule has 0 aliphatic carbocycles. The smallest absolute Gasteiger partial charge is 0.332 e. The van der Waals surface area contributed by atoms with Gasteiger partial charge in [-0.05, 0) is 20.1 Å². The van der Waals surface area contributed by atoms with Gasteiger partial charge in [-0.15, -0.1) is 0 Å². The van der Waals surface area contributed by atoms with Crippen molar-refractivity contribution in [1.82, 2.24) is 4.57 Å². The van der Waals surface area contributed by atoms with E-state index in [2.05, 4.69) is 0 Å². The Morgan fingerprint density at radius 1 is 1.27 bits per heavy atom. The van der Waals surface area contributed by atoms with E-state index >= 15 is 0 Å². The van der Waals surface area contributed by atoms with Crippen molar-refractivity contribution in [3.63, 3.8) is 0 Å². The molecule has 0 N–H and O–H groups in total. The van der Waals surface area contributed by atoms with Crippen molar-refractivity contribution in [2.75, 3.05) is 14.1 Å². The molecule has 0 saturated carbocycles. The summed E-state index contributed by atoms with van der Waals surface area (Å²) in [5.74, 6) is 0. The number of alkyl halides is 3. The van der Waals surface area contributed by atoms with Crippen molar-refractivity contribution in [2.24, 2.45) is 0 Å². The van der Waals surface area contributed by atoms with Gasteiger partial charge in [0.1, 0.15) is 8.96 Å². The first-order chi connectivity index (χ1) is 4.83. The zero-order chi connectivity index (χ0) is 9.07. The van der Waals surface area contributed by atoms with E-state index in [9.17, 15) is 13.2 Å². The first-order valence-electron chi connectivity index (χ1n) is 3.56. The maximum Gasteiger partial charge on any atom is 0.388 e. The van der Waals surface area contributed by atoms with Crippen LogP contribution in [0.5, 0.6) is 0 Å². The minimum absolute atomic E-state index is 0.316. The molecule has 0 heterocycles. The van der Waals surface area contributed by atoms with Crippen LogP contribution in [-0.4, -0.2) is 33.8 Å². The molecule has 0 aliphatic rings. The van der Waals surface area contributed by atoms with Gasteiger partial charge in [0.2, 0.25) is 0 Å². The second-order valence-electron chi connectivity index (χ2n) is 2.97. The molecule has 11 heavy (non-hydrogen) atoms. The van der Waals surface area contributed by atoms with E-state index in [1.807, 2.05) is 25.2 Å². The number of rotatable bonds is 3. The lowest BCUT2D eigenvalue weighted by molar-refractivity contribution is -0.130. The van der Waals surface area contributed by atoms with Crippen molar-refractivity contribution >= 4 is 8.96 Å². The monoisotopic (exact) mass is 185 g/mol. The Morgan fingerprint density at radius 3 is 2.00 bits per heavy atom. The molecule has 1 nitrogen and oxygen atoms in total. The standard InChI is InChI=1S/C6H14F3NSi/c1-10(2)11(3)5-4-6(7,8)9/h11H,4-5H2,1-3H3. The van der Waals surface area contributed by atoms with E-state index in [4.69, 9.17) is 0 Å². The van der Waals surface area contributed by atoms with Crippen molar-refractivity contribution in [3.05, 3.63) is 0 Å². The summed E-state index contributed by atoms with van der Waals surface area (Å²) in [5, 5.41) is 0. The lowest BCUT2D eigenvalue weighted by Gasteiger charge is -2.18. The van der Waals surface area contributed by atoms with Gasteiger partial charge in [0.25, 0.3) is 0 Å². The van der Waals surface area contributed by atoms with Crippen LogP contribution in [0.3, 0.4) is 0 Å². The summed E-state index contributed by atoms with van der Waals surface area (Å²) >= 11 is 0. The molecule has 0 bridgehead atoms. The van der Waals surface area contributed by atoms with Crippen LogP contribution in [0.1, 0.15) is 6.42 Å². The molecule has 1 unspecified atom stereocenters. The fourth-order valence-corrected chi connectivity index (χ4v) is 1.89. The molecule has 1 atom stereocenters. The summed E-state index contributed by atoms with van der Waals surface area (Å²) in [6.07, 6.45) is -4.60. The van der Waals surface area contributed by atoms with Crippen LogP contribution >= 0.6 is 0 Å². The number of halogens is 3. The zero-order valence-corrected chi connectivity index (χ0v) is 8.23. The van der Waals surface area contributed by atoms with Gasteiger partial charge in [-0.3, -0.25) is 0 Å². The average Bonchev–Trinajstić information content (AvgIpc) is 1.80. The number of hydrogen-bond acceptors (Lipinski definition) is 1. The Balaban J connectivity index is 3.54. The van der Waals surface area contributed by atoms with E-state index in [-0.39, 0.29) is 0 Å². The van der Waals surface area contributed by atoms with Gasteiger partial charge >= 0.3 is 6.18 Å². The van der Waals surface area contributed by atoms with E-state index in [1.54, 1.807) is 0 Å². The first kappa shape index (κ1) is 11.0. The second-order valence-corrected chi connectivity index (χ2v) is 6.27. The van der Waals surface area contributed by atoms with Crippen molar-refractivity contribution in [1.29, 1.82) is 0 Å². The van der Waals surface area contributed by atoms with Crippen LogP contribution in [0, 0.1) is 0 Å². The fourth-order valence-electron chi connectivity index (χ4n) is 0.631. The Hall–Kier alpha value is -0.0331. The number of nitrogens with zero attached hydrogens (tertiary/aromatic N) is 1. The molecular formula is C6H14F3NSi. The van der Waals surface area contributed by atoms with Crippen molar-refractivity contribution in [2.45, 2.75) is 25.2 Å². The molecule has 5 heteroatoms. The van der Waals surface area contributed by atoms with Crippen LogP contribution in [-0.2, 0) is 0 Å². The third-order valence-corrected chi connectivity index (χ3v) is 4.61. The lowest BCUT2D eigenvalue weighted by Crippen LogP contribution is -2.30. The number of hydrogen-bond donors (Lipinski definition) is 0. The predicted octanol–water partition coefficient (Wildman–Crippen LogP) is 1.85. The summed E-state index contributed by atoms with van der Waals surface area (Å²) in [6, 6.07) is 0.316. The minimum Gasteiger partial charge on any atom is -0.332 e. The summed E-state index contributed by atoms with van der Waals surface area (Å²) in [5.41, 5.74) is 0. The predicted molar refractivity (Wildman–Crippen MR) is 42.2 cm³/mol. The Morgan fingerprint density at radius 2 is 1.73 bits per heavy atom. The first-order valence-corrected chi connectivity index (χ1v) is 6.05. The van der Waals surface area contributed by atoms with Gasteiger partial charge in [0.05, 0.1) is 0 Å². The van der Waals surface area contributed by atoms with Gasteiger partial charge < -0.3 is 4.57 Å². The Labute approximate surface area is 66.9 Å². The highest BCUT2D eigenvalue weighted by Crippen LogP contribution is 2.22. The summed E-state index contributed by atoms with van der Waals surface area (Å²) in [6.45, 7) is 1.92. The molecular weight excluding hydrogens is 171 g/mol. The second kappa shape index (κ2) is 4.11. The molecule has 0 spiro atoms. The molecule has 0 fully saturated rings. The molecule has 0 rings (SSSR count). The topological polar surface area (TPSA) is 3.24 Å². The third-order valence-electron chi connectivity index (χ3n) is 1.73. The van der Waals surface area contributed by atoms with E-state index in [0.717, 1.165) is 0 Å². The fraction of sp³-hybridized carbons (Fsp3) is 1.00. The van der Waals surface area contributed by atoms with Crippen LogP contribution in [0.4, 0.5) is 13.2 Å². The van der Waals surface area contributed by atoms with Crippen LogP contribution < -0.4 is 0 Å². The molecule has 68 valence electrons. The largest absolute Gasteiger partial charge is 0.388 e. The maximum atomic E-state index is 11.7. The van der Waals surface area contributed by atoms with Gasteiger partial charge in [-0.25, -0.2) is 0 Å². The van der Waals surface area contributed by atoms with Gasteiger partial charge in [0, 0.05) is 6.42 Å². The highest BCUT2D eigenvalue weighted by molar-refractivity contribution is 6.54. The SMILES string of the molecule is CN(C)[SiH](C)CCC(F)(F)F. The van der Waals surface area contributed by atoms with E-state index in [1.165, 1.54) is 0 Å². The van der Waals surface area contributed by atoms with Gasteiger partial charge in [-0.2, -0.15) is 13.2 Å². The molecule has 0 amide bonds. The highest BCUT2D eigenvalue weighted by atomic mass is 28.3. The Kier molecular flexibility index (Phi) is 4.10. The minimum atomic E-state index is -3.97. The van der Waals surface area contributed by atoms with Crippen LogP contribution in [0.25, 0.3) is 0 Å². The molecule has 0 aromatic rings. The highest BCUT2D eigenvalue weighted by Gasteiger charge is 2.27. The Bertz CT molecular complexity index is 113. The molecule has 0 radical (unpaired) electrons. The summed E-state index contributed by atoms with van der Waals surface area (Å²) in [4.78, 5) is 0. The molecule has 0 aliphatic heterocycles. The normalized spacial score (nSPS) is 15.5. The average molecular weight is 185 g/mol. The lowest BCUT2D eigenvalue weighted by atomic mass is 10.5. The molecule has 0 aromatic heterocycles. The summed E-state index contributed by atoms with van der Waals surface area (Å²) < 4.78 is 37.0. The molecule has 0 aromatic carbocycles. The zero-order valence-electron chi connectivity index (χ0n) is 7.07. The van der Waals surface area contributed by atoms with Crippen molar-refractivity contribution in [3.8, 4) is 0 Å². The van der Waals surface area contributed by atoms with Crippen LogP contribution in [0.2, 0.25) is 12.6 Å². The van der Waals surface area contributed by atoms with Crippen molar-refractivity contribution < 1.29 is 13.2 Å². The van der Waals surface area contributed by atoms with Crippen LogP contribution in [0.15, 0.2) is 0 Å². The van der Waals surface area contributed by atoms with Gasteiger partial charge in [-0.1, -0.05) is 6.55 Å². The quantitative estimate of drug-likeness (QED) is 0.607. The van der Waals surface area contributed by atoms with Gasteiger partial charge in [0.15, 0.2) is 0 Å². The third kappa shape index (κ3) is 6.37. The molecule has 0 saturated heterocycles.